The van der Waals surface area contributed by atoms with E-state index in [-0.39, 0.29) is 0 Å². The van der Waals surface area contributed by atoms with Crippen LogP contribution in [0.25, 0.3) is 0 Å². The summed E-state index contributed by atoms with van der Waals surface area (Å²) in [6, 6.07) is 0. The average molecular weight is 233 g/mol. The smallest absolute Gasteiger partial charge is 0.226 e. The van der Waals surface area contributed by atoms with Gasteiger partial charge in [-0.1, -0.05) is 6.92 Å². The van der Waals surface area contributed by atoms with E-state index >= 15 is 0 Å². The Bertz CT molecular complexity index is 187. The minimum Gasteiger partial charge on any atom is -0.345 e. The molecule has 0 radical (unpaired) electrons. The van der Waals surface area contributed by atoms with Crippen LogP contribution in [0.5, 0.6) is 0 Å². The van der Waals surface area contributed by atoms with E-state index in [9.17, 15) is 4.79 Å². The van der Waals surface area contributed by atoms with Crippen molar-refractivity contribution in [3.63, 3.8) is 0 Å². The zero-order valence-corrected chi connectivity index (χ0v) is 10.6. The Morgan fingerprint density at radius 1 is 1.43 bits per heavy atom. The second-order valence-electron chi connectivity index (χ2n) is 3.52. The van der Waals surface area contributed by atoms with Gasteiger partial charge in [-0.15, -0.1) is 0 Å². The first-order chi connectivity index (χ1) is 6.75. The fourth-order valence-corrected chi connectivity index (χ4v) is 3.53. The maximum atomic E-state index is 11.5. The first kappa shape index (κ1) is 12.2. The zero-order chi connectivity index (χ0) is 10.4. The molecule has 0 spiro atoms. The minimum atomic E-state index is 0.302. The summed E-state index contributed by atoms with van der Waals surface area (Å²) in [6.45, 7) is 3.14. The highest BCUT2D eigenvalue weighted by molar-refractivity contribution is 8.02. The number of carbonyl (C=O) groups is 1. The van der Waals surface area contributed by atoms with Crippen molar-refractivity contribution in [3.05, 3.63) is 0 Å². The molecule has 4 heteroatoms. The van der Waals surface area contributed by atoms with Gasteiger partial charge >= 0.3 is 0 Å². The standard InChI is InChI=1S/C10H19NOS2/c1-3-13-6-7-14-8-9-4-5-11(2)10(9)12/h9H,3-8H2,1-2H3. The molecule has 1 rings (SSSR count). The number of amides is 1. The molecule has 0 saturated carbocycles. The summed E-state index contributed by atoms with van der Waals surface area (Å²) in [5.74, 6) is 5.28. The predicted molar refractivity (Wildman–Crippen MR) is 66.1 cm³/mol. The van der Waals surface area contributed by atoms with E-state index < -0.39 is 0 Å². The highest BCUT2D eigenvalue weighted by atomic mass is 32.2. The van der Waals surface area contributed by atoms with Crippen LogP contribution in [0, 0.1) is 5.92 Å². The molecule has 1 fully saturated rings. The first-order valence-electron chi connectivity index (χ1n) is 5.16. The molecular weight excluding hydrogens is 214 g/mol. The summed E-state index contributed by atoms with van der Waals surface area (Å²) in [7, 11) is 1.90. The number of likely N-dealkylation sites (tertiary alicyclic amines) is 1. The van der Waals surface area contributed by atoms with Gasteiger partial charge in [0, 0.05) is 36.8 Å². The van der Waals surface area contributed by atoms with Gasteiger partial charge in [0.25, 0.3) is 0 Å². The summed E-state index contributed by atoms with van der Waals surface area (Å²) in [6.07, 6.45) is 1.06. The van der Waals surface area contributed by atoms with Crippen LogP contribution in [0.15, 0.2) is 0 Å². The Hall–Kier alpha value is 0.170. The van der Waals surface area contributed by atoms with Gasteiger partial charge in [0.2, 0.25) is 5.91 Å². The van der Waals surface area contributed by atoms with Crippen molar-refractivity contribution in [3.8, 4) is 0 Å². The molecule has 1 atom stereocenters. The molecule has 82 valence electrons. The lowest BCUT2D eigenvalue weighted by atomic mass is 10.1. The number of rotatable bonds is 6. The maximum Gasteiger partial charge on any atom is 0.226 e. The third-order valence-corrected chi connectivity index (χ3v) is 4.72. The summed E-state index contributed by atoms with van der Waals surface area (Å²) < 4.78 is 0. The van der Waals surface area contributed by atoms with Gasteiger partial charge in [-0.3, -0.25) is 4.79 Å². The van der Waals surface area contributed by atoms with E-state index in [1.54, 1.807) is 0 Å². The molecule has 0 aromatic rings. The van der Waals surface area contributed by atoms with Crippen molar-refractivity contribution >= 4 is 29.4 Å². The number of thioether (sulfide) groups is 2. The molecule has 1 saturated heterocycles. The van der Waals surface area contributed by atoms with E-state index in [1.165, 1.54) is 17.3 Å². The lowest BCUT2D eigenvalue weighted by Gasteiger charge is -2.09. The van der Waals surface area contributed by atoms with E-state index in [2.05, 4.69) is 6.92 Å². The summed E-state index contributed by atoms with van der Waals surface area (Å²) in [5, 5.41) is 0. The van der Waals surface area contributed by atoms with Gasteiger partial charge in [-0.05, 0) is 12.2 Å². The molecule has 0 aliphatic carbocycles. The molecular formula is C10H19NOS2. The van der Waals surface area contributed by atoms with Crippen molar-refractivity contribution in [1.82, 2.24) is 4.90 Å². The molecule has 14 heavy (non-hydrogen) atoms. The van der Waals surface area contributed by atoms with Crippen molar-refractivity contribution in [2.45, 2.75) is 13.3 Å². The number of nitrogens with zero attached hydrogens (tertiary/aromatic N) is 1. The van der Waals surface area contributed by atoms with Crippen molar-refractivity contribution in [2.75, 3.05) is 36.6 Å². The SMILES string of the molecule is CCSCCSCC1CCN(C)C1=O. The largest absolute Gasteiger partial charge is 0.345 e. The Morgan fingerprint density at radius 3 is 2.71 bits per heavy atom. The van der Waals surface area contributed by atoms with Crippen LogP contribution in [0.3, 0.4) is 0 Å². The highest BCUT2D eigenvalue weighted by Crippen LogP contribution is 2.21. The molecule has 0 N–H and O–H groups in total. The Morgan fingerprint density at radius 2 is 2.14 bits per heavy atom. The first-order valence-corrected chi connectivity index (χ1v) is 7.47. The molecule has 0 aromatic heterocycles. The molecule has 0 aromatic carbocycles. The molecule has 1 aliphatic rings. The predicted octanol–water partition coefficient (Wildman–Crippen LogP) is 1.95. The highest BCUT2D eigenvalue weighted by Gasteiger charge is 2.28. The molecule has 1 amide bonds. The lowest BCUT2D eigenvalue weighted by molar-refractivity contribution is -0.129. The monoisotopic (exact) mass is 233 g/mol. The topological polar surface area (TPSA) is 20.3 Å². The Kier molecular flexibility index (Phi) is 5.78. The van der Waals surface area contributed by atoms with Crippen LogP contribution >= 0.6 is 23.5 Å². The fourth-order valence-electron chi connectivity index (χ4n) is 1.54. The van der Waals surface area contributed by atoms with E-state index in [0.717, 1.165) is 18.7 Å². The van der Waals surface area contributed by atoms with Crippen LogP contribution in [0.2, 0.25) is 0 Å². The third-order valence-electron chi connectivity index (χ3n) is 2.43. The van der Waals surface area contributed by atoms with Crippen molar-refractivity contribution in [2.24, 2.45) is 5.92 Å². The van der Waals surface area contributed by atoms with E-state index in [4.69, 9.17) is 0 Å². The van der Waals surface area contributed by atoms with Crippen molar-refractivity contribution < 1.29 is 4.79 Å². The van der Waals surface area contributed by atoms with Crippen LogP contribution in [0.1, 0.15) is 13.3 Å². The number of hydrogen-bond donors (Lipinski definition) is 0. The molecule has 2 nitrogen and oxygen atoms in total. The summed E-state index contributed by atoms with van der Waals surface area (Å²) in [5.41, 5.74) is 0. The van der Waals surface area contributed by atoms with Crippen LogP contribution < -0.4 is 0 Å². The second kappa shape index (κ2) is 6.62. The van der Waals surface area contributed by atoms with Crippen LogP contribution in [-0.4, -0.2) is 47.4 Å². The third kappa shape index (κ3) is 3.73. The summed E-state index contributed by atoms with van der Waals surface area (Å²) in [4.78, 5) is 13.4. The Balaban J connectivity index is 2.04. The van der Waals surface area contributed by atoms with Gasteiger partial charge in [-0.2, -0.15) is 23.5 Å². The van der Waals surface area contributed by atoms with E-state index in [1.807, 2.05) is 35.5 Å². The van der Waals surface area contributed by atoms with Gasteiger partial charge < -0.3 is 4.90 Å². The van der Waals surface area contributed by atoms with Crippen LogP contribution in [-0.2, 0) is 4.79 Å². The van der Waals surface area contributed by atoms with Gasteiger partial charge in [0.05, 0.1) is 0 Å². The maximum absolute atomic E-state index is 11.5. The lowest BCUT2D eigenvalue weighted by Crippen LogP contribution is -2.23. The van der Waals surface area contributed by atoms with Crippen LogP contribution in [0.4, 0.5) is 0 Å². The van der Waals surface area contributed by atoms with Gasteiger partial charge in [0.15, 0.2) is 0 Å². The number of hydrogen-bond acceptors (Lipinski definition) is 3. The van der Waals surface area contributed by atoms with Gasteiger partial charge in [0.1, 0.15) is 0 Å². The quantitative estimate of drug-likeness (QED) is 0.654. The summed E-state index contributed by atoms with van der Waals surface area (Å²) >= 11 is 3.90. The average Bonchev–Trinajstić information content (AvgIpc) is 2.49. The number of carbonyl (C=O) groups excluding carboxylic acids is 1. The second-order valence-corrected chi connectivity index (χ2v) is 6.06. The van der Waals surface area contributed by atoms with Crippen molar-refractivity contribution in [1.29, 1.82) is 0 Å². The Labute approximate surface area is 95.2 Å². The molecule has 1 unspecified atom stereocenters. The molecule has 1 heterocycles. The fraction of sp³-hybridized carbons (Fsp3) is 0.900. The van der Waals surface area contributed by atoms with E-state index in [0.29, 0.717) is 11.8 Å². The zero-order valence-electron chi connectivity index (χ0n) is 8.99. The molecule has 0 bridgehead atoms. The molecule has 1 aliphatic heterocycles. The minimum absolute atomic E-state index is 0.302. The van der Waals surface area contributed by atoms with Gasteiger partial charge in [-0.25, -0.2) is 0 Å². The normalized spacial score (nSPS) is 22.0.